The summed E-state index contributed by atoms with van der Waals surface area (Å²) in [5, 5.41) is 44.7. The number of esters is 1. The summed E-state index contributed by atoms with van der Waals surface area (Å²) in [7, 11) is 1.32. The van der Waals surface area contributed by atoms with Crippen molar-refractivity contribution in [3.05, 3.63) is 125 Å². The lowest BCUT2D eigenvalue weighted by molar-refractivity contribution is -0.0808. The molecule has 0 unspecified atom stereocenters. The number of carbonyl (C=O) groups is 2. The summed E-state index contributed by atoms with van der Waals surface area (Å²) < 4.78 is 66.7. The van der Waals surface area contributed by atoms with Gasteiger partial charge in [0.15, 0.2) is 11.2 Å². The summed E-state index contributed by atoms with van der Waals surface area (Å²) >= 11 is 28.5. The van der Waals surface area contributed by atoms with Gasteiger partial charge in [0.2, 0.25) is 0 Å². The normalized spacial score (nSPS) is 24.9. The minimum absolute atomic E-state index is 0.0344. The molecule has 8 heterocycles. The molecule has 87 heavy (non-hydrogen) atoms. The predicted molar refractivity (Wildman–Crippen MR) is 321 cm³/mol. The van der Waals surface area contributed by atoms with Crippen molar-refractivity contribution in [1.82, 2.24) is 20.3 Å². The molecule has 8 atom stereocenters. The third-order valence-electron chi connectivity index (χ3n) is 16.0. The quantitative estimate of drug-likeness (QED) is 0.0675. The van der Waals surface area contributed by atoms with Gasteiger partial charge in [0.05, 0.1) is 99.6 Å². The van der Waals surface area contributed by atoms with Crippen LogP contribution in [-0.2, 0) is 57.6 Å². The highest BCUT2D eigenvalue weighted by atomic mass is 35.5. The zero-order valence-electron chi connectivity index (χ0n) is 47.4. The number of aromatic nitrogens is 4. The Kier molecular flexibility index (Phi) is 16.7. The summed E-state index contributed by atoms with van der Waals surface area (Å²) in [4.78, 5) is 33.5. The summed E-state index contributed by atoms with van der Waals surface area (Å²) in [6.07, 6.45) is 0.170. The van der Waals surface area contributed by atoms with E-state index in [1.54, 1.807) is 48.5 Å². The highest BCUT2D eigenvalue weighted by Crippen LogP contribution is 2.51. The van der Waals surface area contributed by atoms with Crippen LogP contribution >= 0.6 is 69.1 Å². The van der Waals surface area contributed by atoms with E-state index >= 15 is 0 Å². The Bertz CT molecular complexity index is 3920. The van der Waals surface area contributed by atoms with Crippen molar-refractivity contribution in [3.63, 3.8) is 0 Å². The van der Waals surface area contributed by atoms with Gasteiger partial charge in [0, 0.05) is 34.1 Å². The Morgan fingerprint density at radius 2 is 1.05 bits per heavy atom. The van der Waals surface area contributed by atoms with E-state index in [0.717, 1.165) is 48.3 Å². The van der Waals surface area contributed by atoms with Crippen LogP contribution in [0.15, 0.2) is 69.7 Å². The van der Waals surface area contributed by atoms with Gasteiger partial charge in [-0.2, -0.15) is 0 Å². The first-order valence-corrected chi connectivity index (χ1v) is 31.5. The molecule has 4 aromatic heterocycles. The van der Waals surface area contributed by atoms with Crippen molar-refractivity contribution in [3.8, 4) is 34.0 Å². The molecule has 4 saturated heterocycles. The molecule has 0 bridgehead atoms. The molecule has 26 heteroatoms. The van der Waals surface area contributed by atoms with E-state index in [-0.39, 0.29) is 69.2 Å². The molecule has 0 spiro atoms. The summed E-state index contributed by atoms with van der Waals surface area (Å²) in [6.45, 7) is 8.13. The Labute approximate surface area is 525 Å². The van der Waals surface area contributed by atoms with E-state index in [1.807, 2.05) is 27.7 Å². The minimum atomic E-state index is -1.56. The van der Waals surface area contributed by atoms with Crippen molar-refractivity contribution in [2.24, 2.45) is 0 Å². The summed E-state index contributed by atoms with van der Waals surface area (Å²) in [5.74, 6) is 1.29. The molecular weight excluding hydrogens is 1250 g/mol. The number of nitrogens with zero attached hydrogens (tertiary/aromatic N) is 4. The fraction of sp³-hybridized carbons (Fsp3) is 0.443. The Morgan fingerprint density at radius 1 is 0.632 bits per heavy atom. The highest BCUT2D eigenvalue weighted by molar-refractivity contribution is 7.19. The number of benzene rings is 4. The monoisotopic (exact) mass is 1310 g/mol. The smallest absolute Gasteiger partial charge is 0.338 e. The second-order valence-corrected chi connectivity index (χ2v) is 26.6. The van der Waals surface area contributed by atoms with Crippen LogP contribution in [0.25, 0.3) is 42.9 Å². The van der Waals surface area contributed by atoms with E-state index in [2.05, 4.69) is 10.3 Å². The number of carbonyl (C=O) groups excluding carboxylic acids is 1. The van der Waals surface area contributed by atoms with Crippen LogP contribution in [0.5, 0.6) is 11.5 Å². The molecule has 0 radical (unpaired) electrons. The zero-order chi connectivity index (χ0) is 60.8. The van der Waals surface area contributed by atoms with Crippen LogP contribution in [0.4, 0.5) is 0 Å². The zero-order valence-corrected chi connectivity index (χ0v) is 52.0. The van der Waals surface area contributed by atoms with Crippen LogP contribution in [0.2, 0.25) is 20.1 Å². The van der Waals surface area contributed by atoms with Gasteiger partial charge in [-0.25, -0.2) is 19.6 Å². The Morgan fingerprint density at radius 3 is 1.44 bits per heavy atom. The lowest BCUT2D eigenvalue weighted by atomic mass is 9.96. The Hall–Kier alpha value is -5.54. The predicted octanol–water partition coefficient (Wildman–Crippen LogP) is 12.5. The first-order valence-electron chi connectivity index (χ1n) is 28.4. The molecular formula is C61H58Cl4N4O16S2. The molecule has 4 aliphatic heterocycles. The number of carboxylic acids is 1. The molecule has 4 aromatic carbocycles. The topological polar surface area (TPSA) is 256 Å². The average Bonchev–Trinajstić information content (AvgIpc) is 1.62. The molecule has 6 fully saturated rings. The van der Waals surface area contributed by atoms with Crippen molar-refractivity contribution in [2.75, 3.05) is 33.5 Å². The Balaban J connectivity index is 0.000000161. The highest BCUT2D eigenvalue weighted by Gasteiger charge is 2.60. The summed E-state index contributed by atoms with van der Waals surface area (Å²) in [5.41, 5.74) is 2.22. The number of ether oxygens (including phenoxy) is 9. The molecule has 8 aromatic rings. The molecule has 458 valence electrons. The van der Waals surface area contributed by atoms with Gasteiger partial charge in [-0.1, -0.05) is 68.8 Å². The average molecular weight is 1310 g/mol. The fourth-order valence-corrected chi connectivity index (χ4v) is 14.9. The maximum atomic E-state index is 12.3. The third-order valence-corrected chi connectivity index (χ3v) is 19.6. The van der Waals surface area contributed by atoms with Gasteiger partial charge in [-0.15, -0.1) is 22.7 Å². The molecule has 2 saturated carbocycles. The SMILES string of the molecule is CC(C)Oc1cc(C(=O)O)cc2sc([C@@]3(O)CO[C@@H]4[C@@H](OCc5c(-c6c(Cl)cccc6Cl)noc5C5CC5)CO[C@@H]43)nc12.COC(=O)c1cc(OC(C)C)c2nc([C@@]3(O)CO[C@@H]4[C@H](OCc5c(-c6c(Cl)cccc6Cl)noc5C5CC5)CO[C@@H]43)sc2c1. The molecule has 20 nitrogen and oxygen atoms in total. The first kappa shape index (κ1) is 60.4. The van der Waals surface area contributed by atoms with E-state index in [4.69, 9.17) is 108 Å². The minimum Gasteiger partial charge on any atom is -0.489 e. The number of hydrogen-bond acceptors (Lipinski definition) is 21. The van der Waals surface area contributed by atoms with E-state index in [9.17, 15) is 24.9 Å². The molecule has 14 rings (SSSR count). The number of aliphatic hydroxyl groups is 2. The number of rotatable bonds is 18. The largest absolute Gasteiger partial charge is 0.489 e. The lowest BCUT2D eigenvalue weighted by Gasteiger charge is -2.24. The second-order valence-electron chi connectivity index (χ2n) is 22.9. The van der Waals surface area contributed by atoms with Gasteiger partial charge in [-0.3, -0.25) is 0 Å². The number of fused-ring (bicyclic) bond motifs is 4. The maximum Gasteiger partial charge on any atom is 0.338 e. The molecule has 6 aliphatic rings. The van der Waals surface area contributed by atoms with Gasteiger partial charge in [0.1, 0.15) is 92.1 Å². The van der Waals surface area contributed by atoms with Crippen LogP contribution in [0.1, 0.15) is 119 Å². The third kappa shape index (κ3) is 11.4. The van der Waals surface area contributed by atoms with Crippen LogP contribution in [0, 0.1) is 0 Å². The fourth-order valence-electron chi connectivity index (χ4n) is 11.5. The first-order chi connectivity index (χ1) is 41.8. The van der Waals surface area contributed by atoms with E-state index in [0.29, 0.717) is 90.1 Å². The van der Waals surface area contributed by atoms with Gasteiger partial charge in [-0.05, 0) is 102 Å². The summed E-state index contributed by atoms with van der Waals surface area (Å²) in [6, 6.07) is 16.9. The molecule has 2 aliphatic carbocycles. The van der Waals surface area contributed by atoms with Gasteiger partial charge in [0.25, 0.3) is 0 Å². The van der Waals surface area contributed by atoms with Crippen molar-refractivity contribution in [1.29, 1.82) is 0 Å². The van der Waals surface area contributed by atoms with Crippen molar-refractivity contribution in [2.45, 2.75) is 138 Å². The van der Waals surface area contributed by atoms with E-state index in [1.165, 1.54) is 41.9 Å². The molecule has 3 N–H and O–H groups in total. The van der Waals surface area contributed by atoms with Gasteiger partial charge < -0.3 is 67.0 Å². The van der Waals surface area contributed by atoms with E-state index < -0.39 is 59.8 Å². The van der Waals surface area contributed by atoms with Crippen LogP contribution in [-0.4, -0.2) is 130 Å². The van der Waals surface area contributed by atoms with Crippen molar-refractivity contribution >= 4 is 101 Å². The number of halogens is 4. The van der Waals surface area contributed by atoms with Crippen LogP contribution < -0.4 is 9.47 Å². The van der Waals surface area contributed by atoms with Crippen LogP contribution in [0.3, 0.4) is 0 Å². The number of carboxylic acid groups (broad SMARTS) is 1. The second kappa shape index (κ2) is 24.0. The number of methoxy groups -OCH3 is 1. The number of thiazole rings is 2. The maximum absolute atomic E-state index is 12.3. The van der Waals surface area contributed by atoms with Gasteiger partial charge >= 0.3 is 11.9 Å². The van der Waals surface area contributed by atoms with Crippen molar-refractivity contribution < 1.29 is 76.6 Å². The lowest BCUT2D eigenvalue weighted by Crippen LogP contribution is -2.41. The molecule has 0 amide bonds. The standard InChI is InChI=1S/C31H30Cl2N2O8S.C30H28Cl2N2O8S/c1-14(2)42-20-9-16(29(36)38-3)10-22-25(20)34-30(44-22)31(37)13-41-27-21(12-40-28(27)31)39-11-17-24(35-43-26(17)15-7-8-15)23-18(32)5-4-6-19(23)33;1-13(2)41-19-8-15(28(35)36)9-21-24(19)33-29(43-21)30(37)12-40-26-20(11-39-27(26)30)38-10-16-23(34-42-25(16)14-6-7-14)22-17(31)4-3-5-18(22)32/h4-6,9-10,14-15,21,27-28,37H,7-8,11-13H2,1-3H3;3-5,8-9,13-14,20,26-27,37H,6-7,10-12H2,1-2H3,(H,35,36)/t21-,27-,28+,31-;20-,26+,27-,30+/m10/s1. The number of aromatic carboxylic acids is 1. The number of hydrogen-bond donors (Lipinski definition) is 3.